The standard InChI is InChI=1S/C22H24N4O6/c1-31-18-17(28)16(11-27)32-21(18)26-10-15(19(23)25-22(26)30)20(29)24-9-13-7-4-6-12-5-2-3-8-14(12)13/h2-8,10,16-18,21,27-28H,9,11H2,1H3,(H,24,29)(H2,23,25,30)/t16-,17+,18-,21-/m1/s1. The van der Waals surface area contributed by atoms with Gasteiger partial charge in [0.15, 0.2) is 6.23 Å². The van der Waals surface area contributed by atoms with Crippen LogP contribution in [0.1, 0.15) is 22.1 Å². The second-order valence-electron chi connectivity index (χ2n) is 7.49. The molecule has 1 aliphatic heterocycles. The van der Waals surface area contributed by atoms with E-state index in [0.29, 0.717) is 0 Å². The molecule has 1 aliphatic rings. The quantitative estimate of drug-likeness (QED) is 0.424. The van der Waals surface area contributed by atoms with Gasteiger partial charge < -0.3 is 30.7 Å². The van der Waals surface area contributed by atoms with Gasteiger partial charge in [0.2, 0.25) is 0 Å². The van der Waals surface area contributed by atoms with Gasteiger partial charge in [0.05, 0.1) is 12.2 Å². The Morgan fingerprint density at radius 1 is 1.28 bits per heavy atom. The summed E-state index contributed by atoms with van der Waals surface area (Å²) >= 11 is 0. The minimum atomic E-state index is -1.16. The second-order valence-corrected chi connectivity index (χ2v) is 7.49. The van der Waals surface area contributed by atoms with Gasteiger partial charge in [0, 0.05) is 19.9 Å². The third-order valence-electron chi connectivity index (χ3n) is 5.58. The van der Waals surface area contributed by atoms with Crippen LogP contribution in [0.5, 0.6) is 0 Å². The number of benzene rings is 2. The zero-order valence-electron chi connectivity index (χ0n) is 17.3. The van der Waals surface area contributed by atoms with E-state index in [0.717, 1.165) is 20.9 Å². The van der Waals surface area contributed by atoms with E-state index in [1.807, 2.05) is 42.5 Å². The van der Waals surface area contributed by atoms with Crippen molar-refractivity contribution < 1.29 is 24.5 Å². The molecule has 3 aromatic rings. The fourth-order valence-corrected chi connectivity index (χ4v) is 3.90. The number of anilines is 1. The van der Waals surface area contributed by atoms with Gasteiger partial charge >= 0.3 is 5.69 Å². The molecular formula is C22H24N4O6. The highest BCUT2D eigenvalue weighted by Gasteiger charge is 2.45. The van der Waals surface area contributed by atoms with E-state index in [1.165, 1.54) is 13.3 Å². The van der Waals surface area contributed by atoms with Crippen LogP contribution in [0.25, 0.3) is 10.8 Å². The van der Waals surface area contributed by atoms with E-state index in [2.05, 4.69) is 10.3 Å². The highest BCUT2D eigenvalue weighted by Crippen LogP contribution is 2.30. The second kappa shape index (κ2) is 9.05. The summed E-state index contributed by atoms with van der Waals surface area (Å²) in [5.74, 6) is -0.754. The molecule has 4 rings (SSSR count). The lowest BCUT2D eigenvalue weighted by molar-refractivity contribution is -0.0625. The third-order valence-corrected chi connectivity index (χ3v) is 5.58. The molecule has 1 aromatic heterocycles. The van der Waals surface area contributed by atoms with E-state index in [9.17, 15) is 19.8 Å². The SMILES string of the molecule is CO[C@@H]1[C@@H](O)[C@@H](CO)O[C@H]1n1cc(C(=O)NCc2cccc3ccccc23)c(N)nc1=O. The Balaban J connectivity index is 1.60. The lowest BCUT2D eigenvalue weighted by Gasteiger charge is -2.21. The maximum atomic E-state index is 12.9. The zero-order chi connectivity index (χ0) is 22.8. The van der Waals surface area contributed by atoms with Gasteiger partial charge in [-0.15, -0.1) is 0 Å². The minimum Gasteiger partial charge on any atom is -0.394 e. The molecule has 32 heavy (non-hydrogen) atoms. The lowest BCUT2D eigenvalue weighted by atomic mass is 10.0. The van der Waals surface area contributed by atoms with Crippen molar-refractivity contribution >= 4 is 22.5 Å². The average Bonchev–Trinajstić information content (AvgIpc) is 3.12. The Morgan fingerprint density at radius 3 is 2.78 bits per heavy atom. The number of hydrogen-bond donors (Lipinski definition) is 4. The molecular weight excluding hydrogens is 416 g/mol. The van der Waals surface area contributed by atoms with Crippen molar-refractivity contribution in [3.63, 3.8) is 0 Å². The first kappa shape index (κ1) is 21.9. The normalized spacial score (nSPS) is 22.8. The Hall–Kier alpha value is -3.31. The van der Waals surface area contributed by atoms with Gasteiger partial charge in [0.1, 0.15) is 24.1 Å². The maximum Gasteiger partial charge on any atom is 0.351 e. The van der Waals surface area contributed by atoms with Crippen molar-refractivity contribution in [2.75, 3.05) is 19.5 Å². The number of aliphatic hydroxyl groups excluding tert-OH is 2. The topological polar surface area (TPSA) is 149 Å². The number of nitrogens with zero attached hydrogens (tertiary/aromatic N) is 2. The summed E-state index contributed by atoms with van der Waals surface area (Å²) in [7, 11) is 1.34. The average molecular weight is 440 g/mol. The number of carbonyl (C=O) groups is 1. The molecule has 168 valence electrons. The number of nitrogen functional groups attached to an aromatic ring is 1. The van der Waals surface area contributed by atoms with Crippen LogP contribution < -0.4 is 16.7 Å². The van der Waals surface area contributed by atoms with Crippen molar-refractivity contribution in [3.05, 3.63) is 70.3 Å². The first-order valence-electron chi connectivity index (χ1n) is 10.0. The summed E-state index contributed by atoms with van der Waals surface area (Å²) in [4.78, 5) is 29.1. The number of nitrogens with two attached hydrogens (primary N) is 1. The number of rotatable bonds is 6. The first-order valence-corrected chi connectivity index (χ1v) is 10.0. The zero-order valence-corrected chi connectivity index (χ0v) is 17.3. The Kier molecular flexibility index (Phi) is 6.19. The van der Waals surface area contributed by atoms with Crippen molar-refractivity contribution in [2.45, 2.75) is 31.1 Å². The molecule has 4 atom stereocenters. The van der Waals surface area contributed by atoms with Crippen LogP contribution in [-0.4, -0.2) is 57.7 Å². The highest BCUT2D eigenvalue weighted by atomic mass is 16.6. The van der Waals surface area contributed by atoms with E-state index < -0.39 is 42.7 Å². The highest BCUT2D eigenvalue weighted by molar-refractivity contribution is 5.98. The summed E-state index contributed by atoms with van der Waals surface area (Å²) in [5.41, 5.74) is 5.98. The van der Waals surface area contributed by atoms with Gasteiger partial charge in [-0.25, -0.2) is 4.79 Å². The molecule has 0 saturated carbocycles. The number of hydrogen-bond acceptors (Lipinski definition) is 8. The maximum absolute atomic E-state index is 12.9. The Bertz CT molecular complexity index is 1190. The van der Waals surface area contributed by atoms with Crippen LogP contribution in [-0.2, 0) is 16.0 Å². The van der Waals surface area contributed by atoms with Crippen LogP contribution in [0.4, 0.5) is 5.82 Å². The molecule has 0 aliphatic carbocycles. The van der Waals surface area contributed by atoms with E-state index >= 15 is 0 Å². The van der Waals surface area contributed by atoms with Crippen LogP contribution in [0.15, 0.2) is 53.5 Å². The predicted octanol–water partition coefficient (Wildman–Crippen LogP) is 0.174. The van der Waals surface area contributed by atoms with Crippen LogP contribution in [0, 0.1) is 0 Å². The molecule has 10 heteroatoms. The number of ether oxygens (including phenoxy) is 2. The number of nitrogens with one attached hydrogen (secondary N) is 1. The third kappa shape index (κ3) is 3.96. The fraction of sp³-hybridized carbons (Fsp3) is 0.318. The smallest absolute Gasteiger partial charge is 0.351 e. The van der Waals surface area contributed by atoms with Crippen molar-refractivity contribution in [1.82, 2.24) is 14.9 Å². The number of amides is 1. The molecule has 1 saturated heterocycles. The first-order chi connectivity index (χ1) is 15.4. The Morgan fingerprint density at radius 2 is 2.03 bits per heavy atom. The molecule has 2 heterocycles. The molecule has 0 spiro atoms. The van der Waals surface area contributed by atoms with E-state index in [1.54, 1.807) is 0 Å². The van der Waals surface area contributed by atoms with E-state index in [4.69, 9.17) is 15.2 Å². The van der Waals surface area contributed by atoms with Crippen LogP contribution in [0.2, 0.25) is 0 Å². The summed E-state index contributed by atoms with van der Waals surface area (Å²) in [6.45, 7) is -0.224. The lowest BCUT2D eigenvalue weighted by Crippen LogP contribution is -2.38. The molecule has 1 fully saturated rings. The van der Waals surface area contributed by atoms with Gasteiger partial charge in [-0.3, -0.25) is 9.36 Å². The minimum absolute atomic E-state index is 0.0229. The number of fused-ring (bicyclic) bond motifs is 1. The van der Waals surface area contributed by atoms with Crippen LogP contribution in [0.3, 0.4) is 0 Å². The monoisotopic (exact) mass is 440 g/mol. The fourth-order valence-electron chi connectivity index (χ4n) is 3.90. The molecule has 0 radical (unpaired) electrons. The van der Waals surface area contributed by atoms with Crippen molar-refractivity contribution in [1.29, 1.82) is 0 Å². The summed E-state index contributed by atoms with van der Waals surface area (Å²) in [6, 6.07) is 13.6. The molecule has 5 N–H and O–H groups in total. The van der Waals surface area contributed by atoms with Gasteiger partial charge in [-0.1, -0.05) is 42.5 Å². The van der Waals surface area contributed by atoms with Gasteiger partial charge in [0.25, 0.3) is 5.91 Å². The predicted molar refractivity (Wildman–Crippen MR) is 116 cm³/mol. The molecule has 0 bridgehead atoms. The largest absolute Gasteiger partial charge is 0.394 e. The number of methoxy groups -OCH3 is 1. The number of aliphatic hydroxyl groups is 2. The van der Waals surface area contributed by atoms with Crippen molar-refractivity contribution in [3.8, 4) is 0 Å². The number of carbonyl (C=O) groups excluding carboxylic acids is 1. The van der Waals surface area contributed by atoms with Crippen LogP contribution >= 0.6 is 0 Å². The summed E-state index contributed by atoms with van der Waals surface area (Å²) < 4.78 is 11.9. The molecule has 1 amide bonds. The van der Waals surface area contributed by atoms with Crippen molar-refractivity contribution in [2.24, 2.45) is 0 Å². The Labute approximate surface area is 183 Å². The molecule has 0 unspecified atom stereocenters. The van der Waals surface area contributed by atoms with Gasteiger partial charge in [-0.2, -0.15) is 4.98 Å². The number of aromatic nitrogens is 2. The summed E-state index contributed by atoms with van der Waals surface area (Å²) in [6.07, 6.45) is -2.91. The van der Waals surface area contributed by atoms with E-state index in [-0.39, 0.29) is 17.9 Å². The van der Waals surface area contributed by atoms with Gasteiger partial charge in [-0.05, 0) is 16.3 Å². The molecule has 10 nitrogen and oxygen atoms in total. The summed E-state index contributed by atoms with van der Waals surface area (Å²) in [5, 5.41) is 24.5. The molecule has 2 aromatic carbocycles.